The van der Waals surface area contributed by atoms with E-state index in [0.717, 1.165) is 10.6 Å². The minimum absolute atomic E-state index is 0.0881. The molecule has 1 N–H and O–H groups in total. The molecule has 7 nitrogen and oxygen atoms in total. The number of anilines is 1. The van der Waals surface area contributed by atoms with Gasteiger partial charge in [0.1, 0.15) is 12.6 Å². The van der Waals surface area contributed by atoms with E-state index < -0.39 is 28.5 Å². The van der Waals surface area contributed by atoms with Crippen molar-refractivity contribution in [3.05, 3.63) is 64.1 Å². The summed E-state index contributed by atoms with van der Waals surface area (Å²) in [5.74, 6) is -0.879. The molecule has 1 atom stereocenters. The average molecular weight is 486 g/mol. The Balaban J connectivity index is 2.38. The summed E-state index contributed by atoms with van der Waals surface area (Å²) in [6.07, 6.45) is 1.01. The molecule has 168 valence electrons. The molecule has 0 aliphatic heterocycles. The number of nitrogens with zero attached hydrogens (tertiary/aromatic N) is 2. The van der Waals surface area contributed by atoms with Gasteiger partial charge in [-0.15, -0.1) is 0 Å². The number of carbonyl (C=O) groups excluding carboxylic acids is 2. The first-order valence-corrected chi connectivity index (χ1v) is 12.2. The van der Waals surface area contributed by atoms with Crippen LogP contribution in [0.25, 0.3) is 0 Å². The third-order valence-corrected chi connectivity index (χ3v) is 6.15. The van der Waals surface area contributed by atoms with E-state index in [4.69, 9.17) is 23.2 Å². The average Bonchev–Trinajstić information content (AvgIpc) is 2.69. The number of nitrogens with one attached hydrogen (secondary N) is 1. The maximum atomic E-state index is 13.3. The van der Waals surface area contributed by atoms with Crippen LogP contribution in [0.1, 0.15) is 19.4 Å². The van der Waals surface area contributed by atoms with E-state index in [1.807, 2.05) is 0 Å². The zero-order chi connectivity index (χ0) is 23.2. The molecule has 2 aromatic carbocycles. The Morgan fingerprint density at radius 2 is 1.68 bits per heavy atom. The van der Waals surface area contributed by atoms with Crippen LogP contribution in [0.3, 0.4) is 0 Å². The molecular weight excluding hydrogens is 461 g/mol. The lowest BCUT2D eigenvalue weighted by molar-refractivity contribution is -0.139. The number of carbonyl (C=O) groups is 2. The van der Waals surface area contributed by atoms with Crippen LogP contribution >= 0.6 is 23.2 Å². The fraction of sp³-hybridized carbons (Fsp3) is 0.333. The van der Waals surface area contributed by atoms with E-state index in [9.17, 15) is 18.0 Å². The molecule has 0 saturated carbocycles. The zero-order valence-electron chi connectivity index (χ0n) is 17.5. The van der Waals surface area contributed by atoms with Crippen molar-refractivity contribution in [3.8, 4) is 0 Å². The van der Waals surface area contributed by atoms with Gasteiger partial charge in [-0.3, -0.25) is 13.9 Å². The SMILES string of the molecule is CCNC(=O)C(C)N(Cc1cccc(Cl)c1)C(=O)CN(c1cccc(Cl)c1)S(C)(=O)=O. The Kier molecular flexibility index (Phi) is 8.73. The fourth-order valence-corrected chi connectivity index (χ4v) is 4.22. The van der Waals surface area contributed by atoms with E-state index >= 15 is 0 Å². The summed E-state index contributed by atoms with van der Waals surface area (Å²) < 4.78 is 25.8. The van der Waals surface area contributed by atoms with Gasteiger partial charge in [-0.25, -0.2) is 8.42 Å². The monoisotopic (exact) mass is 485 g/mol. The van der Waals surface area contributed by atoms with Crippen LogP contribution in [0, 0.1) is 0 Å². The zero-order valence-corrected chi connectivity index (χ0v) is 19.8. The minimum atomic E-state index is -3.79. The third kappa shape index (κ3) is 7.12. The molecule has 31 heavy (non-hydrogen) atoms. The molecule has 2 rings (SSSR count). The highest BCUT2D eigenvalue weighted by Gasteiger charge is 2.30. The van der Waals surface area contributed by atoms with Gasteiger partial charge < -0.3 is 10.2 Å². The van der Waals surface area contributed by atoms with Gasteiger partial charge in [0.25, 0.3) is 0 Å². The maximum absolute atomic E-state index is 13.3. The van der Waals surface area contributed by atoms with Crippen molar-refractivity contribution in [2.75, 3.05) is 23.7 Å². The Labute approximate surface area is 193 Å². The van der Waals surface area contributed by atoms with E-state index in [2.05, 4.69) is 5.32 Å². The number of hydrogen-bond donors (Lipinski definition) is 1. The fourth-order valence-electron chi connectivity index (χ4n) is 2.98. The smallest absolute Gasteiger partial charge is 0.244 e. The lowest BCUT2D eigenvalue weighted by atomic mass is 10.1. The van der Waals surface area contributed by atoms with E-state index in [0.29, 0.717) is 22.2 Å². The Bertz CT molecular complexity index is 1050. The molecule has 0 heterocycles. The maximum Gasteiger partial charge on any atom is 0.244 e. The summed E-state index contributed by atoms with van der Waals surface area (Å²) in [4.78, 5) is 27.1. The lowest BCUT2D eigenvalue weighted by Gasteiger charge is -2.31. The molecule has 0 spiro atoms. The predicted molar refractivity (Wildman–Crippen MR) is 124 cm³/mol. The van der Waals surface area contributed by atoms with E-state index in [1.54, 1.807) is 56.3 Å². The van der Waals surface area contributed by atoms with Crippen molar-refractivity contribution >= 4 is 50.7 Å². The van der Waals surface area contributed by atoms with Crippen molar-refractivity contribution in [3.63, 3.8) is 0 Å². The van der Waals surface area contributed by atoms with Crippen molar-refractivity contribution in [1.82, 2.24) is 10.2 Å². The number of hydrogen-bond acceptors (Lipinski definition) is 4. The highest BCUT2D eigenvalue weighted by molar-refractivity contribution is 7.92. The summed E-state index contributed by atoms with van der Waals surface area (Å²) >= 11 is 12.1. The Hall–Kier alpha value is -2.29. The second-order valence-corrected chi connectivity index (χ2v) is 9.75. The summed E-state index contributed by atoms with van der Waals surface area (Å²) in [6.45, 7) is 3.38. The van der Waals surface area contributed by atoms with Gasteiger partial charge in [-0.05, 0) is 49.7 Å². The highest BCUT2D eigenvalue weighted by atomic mass is 35.5. The van der Waals surface area contributed by atoms with E-state index in [-0.39, 0.29) is 18.1 Å². The van der Waals surface area contributed by atoms with Crippen LogP contribution in [0.5, 0.6) is 0 Å². The van der Waals surface area contributed by atoms with Crippen LogP contribution < -0.4 is 9.62 Å². The van der Waals surface area contributed by atoms with E-state index in [1.165, 1.54) is 11.0 Å². The van der Waals surface area contributed by atoms with Crippen LogP contribution in [0.15, 0.2) is 48.5 Å². The second-order valence-electron chi connectivity index (χ2n) is 6.97. The third-order valence-electron chi connectivity index (χ3n) is 4.54. The molecule has 0 aliphatic carbocycles. The topological polar surface area (TPSA) is 86.8 Å². The van der Waals surface area contributed by atoms with Gasteiger partial charge in [-0.2, -0.15) is 0 Å². The second kappa shape index (κ2) is 10.8. The van der Waals surface area contributed by atoms with Crippen molar-refractivity contribution in [1.29, 1.82) is 0 Å². The van der Waals surface area contributed by atoms with Gasteiger partial charge in [-0.1, -0.05) is 41.4 Å². The summed E-state index contributed by atoms with van der Waals surface area (Å²) in [6, 6.07) is 12.3. The van der Waals surface area contributed by atoms with Crippen LogP contribution in [-0.2, 0) is 26.2 Å². The molecule has 0 fully saturated rings. The lowest BCUT2D eigenvalue weighted by Crippen LogP contribution is -2.51. The van der Waals surface area contributed by atoms with Crippen molar-refractivity contribution in [2.24, 2.45) is 0 Å². The van der Waals surface area contributed by atoms with Gasteiger partial charge in [0, 0.05) is 23.1 Å². The predicted octanol–water partition coefficient (Wildman–Crippen LogP) is 3.31. The van der Waals surface area contributed by atoms with Gasteiger partial charge in [0.15, 0.2) is 0 Å². The molecule has 0 saturated heterocycles. The van der Waals surface area contributed by atoms with Gasteiger partial charge >= 0.3 is 0 Å². The number of rotatable bonds is 9. The van der Waals surface area contributed by atoms with Crippen molar-refractivity contribution in [2.45, 2.75) is 26.4 Å². The number of likely N-dealkylation sites (N-methyl/N-ethyl adjacent to an activating group) is 1. The van der Waals surface area contributed by atoms with Gasteiger partial charge in [0.05, 0.1) is 11.9 Å². The standard InChI is InChI=1S/C21H25Cl2N3O4S/c1-4-24-21(28)15(2)25(13-16-7-5-8-17(22)11-16)20(27)14-26(31(3,29)30)19-10-6-9-18(23)12-19/h5-12,15H,4,13-14H2,1-3H3,(H,24,28). The summed E-state index contributed by atoms with van der Waals surface area (Å²) in [5.41, 5.74) is 0.974. The summed E-state index contributed by atoms with van der Waals surface area (Å²) in [5, 5.41) is 3.52. The first-order chi connectivity index (χ1) is 14.5. The summed E-state index contributed by atoms with van der Waals surface area (Å²) in [7, 11) is -3.79. The largest absolute Gasteiger partial charge is 0.355 e. The van der Waals surface area contributed by atoms with Crippen LogP contribution in [-0.4, -0.2) is 50.5 Å². The molecule has 2 aromatic rings. The Morgan fingerprint density at radius 1 is 1.06 bits per heavy atom. The molecule has 0 radical (unpaired) electrons. The van der Waals surface area contributed by atoms with Crippen LogP contribution in [0.4, 0.5) is 5.69 Å². The molecule has 0 bridgehead atoms. The molecular formula is C21H25Cl2N3O4S. The molecule has 2 amide bonds. The normalized spacial score (nSPS) is 12.2. The molecule has 10 heteroatoms. The quantitative estimate of drug-likeness (QED) is 0.589. The van der Waals surface area contributed by atoms with Gasteiger partial charge in [0.2, 0.25) is 21.8 Å². The number of amides is 2. The number of halogens is 2. The van der Waals surface area contributed by atoms with Crippen molar-refractivity contribution < 1.29 is 18.0 Å². The highest BCUT2D eigenvalue weighted by Crippen LogP contribution is 2.23. The Morgan fingerprint density at radius 3 is 2.23 bits per heavy atom. The number of sulfonamides is 1. The first-order valence-electron chi connectivity index (χ1n) is 9.57. The minimum Gasteiger partial charge on any atom is -0.355 e. The van der Waals surface area contributed by atoms with Crippen LogP contribution in [0.2, 0.25) is 10.0 Å². The first kappa shape index (κ1) is 25.0. The number of benzene rings is 2. The molecule has 1 unspecified atom stereocenters. The molecule has 0 aliphatic rings. The molecule has 0 aromatic heterocycles.